The van der Waals surface area contributed by atoms with Crippen LogP contribution in [0.1, 0.15) is 46.0 Å². The molecule has 0 spiro atoms. The van der Waals surface area contributed by atoms with Crippen LogP contribution < -0.4 is 5.32 Å². The van der Waals surface area contributed by atoms with Gasteiger partial charge in [-0.05, 0) is 43.9 Å². The summed E-state index contributed by atoms with van der Waals surface area (Å²) in [6.45, 7) is 7.46. The number of likely N-dealkylation sites (tertiary alicyclic amines) is 1. The van der Waals surface area contributed by atoms with Crippen LogP contribution >= 0.6 is 0 Å². The number of carbonyl (C=O) groups is 1. The van der Waals surface area contributed by atoms with Gasteiger partial charge in [0, 0.05) is 39.3 Å². The Morgan fingerprint density at radius 2 is 1.81 bits per heavy atom. The van der Waals surface area contributed by atoms with Gasteiger partial charge in [-0.25, -0.2) is 0 Å². The molecule has 0 aromatic heterocycles. The zero-order valence-electron chi connectivity index (χ0n) is 14.3. The summed E-state index contributed by atoms with van der Waals surface area (Å²) in [5.74, 6) is 1.93. The number of amides is 1. The zero-order valence-corrected chi connectivity index (χ0v) is 14.3. The SMILES string of the molecule is CC1CCC(NC2CCN(CC(=O)N(C)C)CC2)C(C)C1. The van der Waals surface area contributed by atoms with Gasteiger partial charge in [-0.15, -0.1) is 0 Å². The molecule has 1 saturated carbocycles. The van der Waals surface area contributed by atoms with Gasteiger partial charge in [0.25, 0.3) is 0 Å². The number of nitrogens with one attached hydrogen (secondary N) is 1. The molecule has 2 aliphatic rings. The van der Waals surface area contributed by atoms with E-state index in [0.717, 1.165) is 24.9 Å². The van der Waals surface area contributed by atoms with E-state index in [9.17, 15) is 4.79 Å². The van der Waals surface area contributed by atoms with Crippen molar-refractivity contribution in [1.82, 2.24) is 15.1 Å². The Bertz CT molecular complexity index is 337. The van der Waals surface area contributed by atoms with E-state index in [1.807, 2.05) is 14.1 Å². The average molecular weight is 295 g/mol. The van der Waals surface area contributed by atoms with E-state index in [-0.39, 0.29) is 5.91 Å². The molecule has 3 unspecified atom stereocenters. The van der Waals surface area contributed by atoms with Gasteiger partial charge in [-0.1, -0.05) is 13.8 Å². The monoisotopic (exact) mass is 295 g/mol. The third-order valence-corrected chi connectivity index (χ3v) is 5.33. The van der Waals surface area contributed by atoms with Crippen LogP contribution in [0, 0.1) is 11.8 Å². The Balaban J connectivity index is 1.70. The lowest BCUT2D eigenvalue weighted by Gasteiger charge is -2.39. The summed E-state index contributed by atoms with van der Waals surface area (Å²) in [7, 11) is 3.67. The molecule has 1 aliphatic heterocycles. The van der Waals surface area contributed by atoms with Crippen LogP contribution in [0.4, 0.5) is 0 Å². The van der Waals surface area contributed by atoms with E-state index in [0.29, 0.717) is 18.6 Å². The highest BCUT2D eigenvalue weighted by Crippen LogP contribution is 2.29. The molecule has 0 radical (unpaired) electrons. The van der Waals surface area contributed by atoms with E-state index >= 15 is 0 Å². The van der Waals surface area contributed by atoms with Gasteiger partial charge in [-0.2, -0.15) is 0 Å². The summed E-state index contributed by atoms with van der Waals surface area (Å²) in [4.78, 5) is 15.7. The largest absolute Gasteiger partial charge is 0.348 e. The second-order valence-electron chi connectivity index (χ2n) is 7.51. The van der Waals surface area contributed by atoms with E-state index < -0.39 is 0 Å². The summed E-state index contributed by atoms with van der Waals surface area (Å²) in [6.07, 6.45) is 6.44. The number of carbonyl (C=O) groups excluding carboxylic acids is 1. The third kappa shape index (κ3) is 4.96. The second kappa shape index (κ2) is 7.59. The lowest BCUT2D eigenvalue weighted by atomic mass is 9.79. The van der Waals surface area contributed by atoms with E-state index in [1.54, 1.807) is 4.90 Å². The molecule has 3 atom stereocenters. The molecule has 0 aromatic rings. The highest BCUT2D eigenvalue weighted by atomic mass is 16.2. The summed E-state index contributed by atoms with van der Waals surface area (Å²) < 4.78 is 0. The molecule has 4 heteroatoms. The van der Waals surface area contributed by atoms with Crippen LogP contribution in [0.25, 0.3) is 0 Å². The van der Waals surface area contributed by atoms with Crippen molar-refractivity contribution in [1.29, 1.82) is 0 Å². The highest BCUT2D eigenvalue weighted by molar-refractivity contribution is 5.77. The molecule has 1 heterocycles. The van der Waals surface area contributed by atoms with Crippen molar-refractivity contribution in [2.24, 2.45) is 11.8 Å². The van der Waals surface area contributed by atoms with Crippen molar-refractivity contribution >= 4 is 5.91 Å². The molecule has 0 aromatic carbocycles. The number of rotatable bonds is 4. The topological polar surface area (TPSA) is 35.6 Å². The molecule has 1 aliphatic carbocycles. The molecular weight excluding hydrogens is 262 g/mol. The Kier molecular flexibility index (Phi) is 6.06. The first-order chi connectivity index (χ1) is 9.95. The van der Waals surface area contributed by atoms with Crippen LogP contribution in [0.5, 0.6) is 0 Å². The molecule has 2 rings (SSSR count). The minimum absolute atomic E-state index is 0.219. The maximum atomic E-state index is 11.8. The molecule has 1 N–H and O–H groups in total. The molecule has 4 nitrogen and oxygen atoms in total. The van der Waals surface area contributed by atoms with Crippen LogP contribution in [0.2, 0.25) is 0 Å². The molecule has 0 bridgehead atoms. The van der Waals surface area contributed by atoms with Crippen LogP contribution in [0.15, 0.2) is 0 Å². The maximum absolute atomic E-state index is 11.8. The lowest BCUT2D eigenvalue weighted by Crippen LogP contribution is -2.50. The number of piperidine rings is 1. The summed E-state index contributed by atoms with van der Waals surface area (Å²) in [5.41, 5.74) is 0. The minimum atomic E-state index is 0.219. The summed E-state index contributed by atoms with van der Waals surface area (Å²) in [5, 5.41) is 3.90. The summed E-state index contributed by atoms with van der Waals surface area (Å²) in [6, 6.07) is 1.36. The number of likely N-dealkylation sites (N-methyl/N-ethyl adjacent to an activating group) is 1. The number of hydrogen-bond acceptors (Lipinski definition) is 3. The average Bonchev–Trinajstić information content (AvgIpc) is 2.43. The molecule has 2 fully saturated rings. The van der Waals surface area contributed by atoms with Gasteiger partial charge in [-0.3, -0.25) is 9.69 Å². The highest BCUT2D eigenvalue weighted by Gasteiger charge is 2.28. The van der Waals surface area contributed by atoms with E-state index in [1.165, 1.54) is 32.1 Å². The lowest BCUT2D eigenvalue weighted by molar-refractivity contribution is -0.130. The van der Waals surface area contributed by atoms with Crippen molar-refractivity contribution in [3.8, 4) is 0 Å². The molecule has 1 amide bonds. The predicted octanol–water partition coefficient (Wildman–Crippen LogP) is 1.95. The maximum Gasteiger partial charge on any atom is 0.236 e. The molecule has 122 valence electrons. The number of nitrogens with zero attached hydrogens (tertiary/aromatic N) is 2. The number of hydrogen-bond donors (Lipinski definition) is 1. The molecule has 21 heavy (non-hydrogen) atoms. The third-order valence-electron chi connectivity index (χ3n) is 5.33. The van der Waals surface area contributed by atoms with E-state index in [2.05, 4.69) is 24.1 Å². The van der Waals surface area contributed by atoms with Crippen LogP contribution in [0.3, 0.4) is 0 Å². The predicted molar refractivity (Wildman–Crippen MR) is 87.3 cm³/mol. The smallest absolute Gasteiger partial charge is 0.236 e. The van der Waals surface area contributed by atoms with Crippen molar-refractivity contribution < 1.29 is 4.79 Å². The Hall–Kier alpha value is -0.610. The first-order valence-corrected chi connectivity index (χ1v) is 8.64. The standard InChI is InChI=1S/C17H33N3O/c1-13-5-6-16(14(2)11-13)18-15-7-9-20(10-8-15)12-17(21)19(3)4/h13-16,18H,5-12H2,1-4H3. The van der Waals surface area contributed by atoms with Gasteiger partial charge >= 0.3 is 0 Å². The van der Waals surface area contributed by atoms with Gasteiger partial charge in [0.1, 0.15) is 0 Å². The van der Waals surface area contributed by atoms with Gasteiger partial charge in [0.15, 0.2) is 0 Å². The first-order valence-electron chi connectivity index (χ1n) is 8.64. The Labute approximate surface area is 130 Å². The van der Waals surface area contributed by atoms with E-state index in [4.69, 9.17) is 0 Å². The second-order valence-corrected chi connectivity index (χ2v) is 7.51. The molecule has 1 saturated heterocycles. The van der Waals surface area contributed by atoms with Crippen molar-refractivity contribution in [2.45, 2.75) is 58.0 Å². The van der Waals surface area contributed by atoms with Gasteiger partial charge < -0.3 is 10.2 Å². The quantitative estimate of drug-likeness (QED) is 0.861. The molecular formula is C17H33N3O. The normalized spacial score (nSPS) is 32.1. The van der Waals surface area contributed by atoms with Crippen molar-refractivity contribution in [3.05, 3.63) is 0 Å². The fourth-order valence-electron chi connectivity index (χ4n) is 3.81. The zero-order chi connectivity index (χ0) is 15.4. The summed E-state index contributed by atoms with van der Waals surface area (Å²) >= 11 is 0. The first kappa shape index (κ1) is 16.8. The fraction of sp³-hybridized carbons (Fsp3) is 0.941. The van der Waals surface area contributed by atoms with Crippen molar-refractivity contribution in [3.63, 3.8) is 0 Å². The van der Waals surface area contributed by atoms with Gasteiger partial charge in [0.2, 0.25) is 5.91 Å². The van der Waals surface area contributed by atoms with Gasteiger partial charge in [0.05, 0.1) is 6.54 Å². The fourth-order valence-corrected chi connectivity index (χ4v) is 3.81. The van der Waals surface area contributed by atoms with Crippen LogP contribution in [-0.2, 0) is 4.79 Å². The minimum Gasteiger partial charge on any atom is -0.348 e. The Morgan fingerprint density at radius 1 is 1.14 bits per heavy atom. The Morgan fingerprint density at radius 3 is 2.38 bits per heavy atom. The van der Waals surface area contributed by atoms with Crippen molar-refractivity contribution in [2.75, 3.05) is 33.7 Å². The van der Waals surface area contributed by atoms with Crippen LogP contribution in [-0.4, -0.2) is 61.5 Å².